The fraction of sp³-hybridized carbons (Fsp3) is 0.786. The lowest BCUT2D eigenvalue weighted by Gasteiger charge is -2.13. The first kappa shape index (κ1) is 16.5. The summed E-state index contributed by atoms with van der Waals surface area (Å²) in [5.41, 5.74) is 0.137. The summed E-state index contributed by atoms with van der Waals surface area (Å²) in [4.78, 5) is 11.9. The van der Waals surface area contributed by atoms with Gasteiger partial charge in [0.2, 0.25) is 0 Å². The van der Waals surface area contributed by atoms with Crippen molar-refractivity contribution in [3.63, 3.8) is 0 Å². The number of allylic oxidation sites excluding steroid dienone is 1. The van der Waals surface area contributed by atoms with Crippen molar-refractivity contribution in [2.45, 2.75) is 49.4 Å². The topological polar surface area (TPSA) is 44.8 Å². The Hall–Kier alpha value is -0.520. The van der Waals surface area contributed by atoms with Crippen LogP contribution >= 0.6 is 11.8 Å². The molecular formula is C14H24O4S. The third-order valence-corrected chi connectivity index (χ3v) is 4.42. The van der Waals surface area contributed by atoms with Gasteiger partial charge >= 0.3 is 5.97 Å². The van der Waals surface area contributed by atoms with Crippen LogP contribution in [-0.4, -0.2) is 43.6 Å². The van der Waals surface area contributed by atoms with Gasteiger partial charge in [-0.25, -0.2) is 0 Å². The standard InChI is InChI=1S/C14H24O4S/c1-11(7-5-4-6-10-16-2)18-14(15)12-8-9-13(17-3)19-12/h5,7,11-13H,4,6,8-10H2,1-3H3/b7-5-/t11-,12-,13?/m0/s1. The van der Waals surface area contributed by atoms with E-state index in [4.69, 9.17) is 14.2 Å². The molecule has 0 radical (unpaired) electrons. The molecule has 1 aliphatic rings. The molecule has 1 aliphatic heterocycles. The number of ether oxygens (including phenoxy) is 3. The average molecular weight is 288 g/mol. The molecule has 0 N–H and O–H groups in total. The van der Waals surface area contributed by atoms with Crippen molar-refractivity contribution in [3.05, 3.63) is 12.2 Å². The Kier molecular flexibility index (Phi) is 8.18. The van der Waals surface area contributed by atoms with Crippen LogP contribution in [0.15, 0.2) is 12.2 Å². The monoisotopic (exact) mass is 288 g/mol. The second-order valence-electron chi connectivity index (χ2n) is 4.57. The van der Waals surface area contributed by atoms with E-state index in [2.05, 4.69) is 0 Å². The molecule has 0 amide bonds. The maximum absolute atomic E-state index is 11.9. The van der Waals surface area contributed by atoms with Gasteiger partial charge in [-0.15, -0.1) is 11.8 Å². The Bertz CT molecular complexity index is 293. The molecule has 1 fully saturated rings. The first-order chi connectivity index (χ1) is 9.17. The molecule has 1 heterocycles. The van der Waals surface area contributed by atoms with Crippen LogP contribution in [0.25, 0.3) is 0 Å². The number of carbonyl (C=O) groups excluding carboxylic acids is 1. The summed E-state index contributed by atoms with van der Waals surface area (Å²) >= 11 is 1.56. The summed E-state index contributed by atoms with van der Waals surface area (Å²) in [6.45, 7) is 2.65. The predicted molar refractivity (Wildman–Crippen MR) is 77.2 cm³/mol. The van der Waals surface area contributed by atoms with E-state index in [1.165, 1.54) is 0 Å². The van der Waals surface area contributed by atoms with E-state index in [0.29, 0.717) is 0 Å². The minimum Gasteiger partial charge on any atom is -0.458 e. The average Bonchev–Trinajstić information content (AvgIpc) is 2.87. The molecule has 3 atom stereocenters. The lowest BCUT2D eigenvalue weighted by atomic mass is 10.2. The van der Waals surface area contributed by atoms with E-state index in [1.807, 2.05) is 19.1 Å². The van der Waals surface area contributed by atoms with Crippen molar-refractivity contribution >= 4 is 17.7 Å². The fourth-order valence-electron chi connectivity index (χ4n) is 1.89. The Morgan fingerprint density at radius 1 is 1.42 bits per heavy atom. The number of thioether (sulfide) groups is 1. The molecule has 4 nitrogen and oxygen atoms in total. The van der Waals surface area contributed by atoms with Crippen LogP contribution in [0, 0.1) is 0 Å². The number of carbonyl (C=O) groups is 1. The van der Waals surface area contributed by atoms with Crippen molar-refractivity contribution in [1.82, 2.24) is 0 Å². The molecule has 0 aliphatic carbocycles. The zero-order valence-corrected chi connectivity index (χ0v) is 12.8. The van der Waals surface area contributed by atoms with Crippen LogP contribution in [0.5, 0.6) is 0 Å². The van der Waals surface area contributed by atoms with Crippen molar-refractivity contribution < 1.29 is 19.0 Å². The van der Waals surface area contributed by atoms with E-state index >= 15 is 0 Å². The molecule has 110 valence electrons. The van der Waals surface area contributed by atoms with E-state index < -0.39 is 0 Å². The maximum Gasteiger partial charge on any atom is 0.319 e. The van der Waals surface area contributed by atoms with Crippen LogP contribution in [0.1, 0.15) is 32.6 Å². The summed E-state index contributed by atoms with van der Waals surface area (Å²) < 4.78 is 15.6. The third-order valence-electron chi connectivity index (χ3n) is 2.93. The van der Waals surface area contributed by atoms with Gasteiger partial charge in [-0.3, -0.25) is 4.79 Å². The summed E-state index contributed by atoms with van der Waals surface area (Å²) in [5.74, 6) is -0.126. The molecule has 0 saturated carbocycles. The maximum atomic E-state index is 11.9. The zero-order valence-electron chi connectivity index (χ0n) is 12.0. The molecule has 19 heavy (non-hydrogen) atoms. The number of hydrogen-bond donors (Lipinski definition) is 0. The van der Waals surface area contributed by atoms with Gasteiger partial charge in [0.05, 0.1) is 0 Å². The minimum atomic E-state index is -0.169. The molecule has 0 bridgehead atoms. The number of methoxy groups -OCH3 is 2. The third kappa shape index (κ3) is 6.45. The smallest absolute Gasteiger partial charge is 0.319 e. The normalized spacial score (nSPS) is 24.8. The molecule has 5 heteroatoms. The minimum absolute atomic E-state index is 0.0747. The van der Waals surface area contributed by atoms with Crippen LogP contribution in [0.3, 0.4) is 0 Å². The van der Waals surface area contributed by atoms with Crippen molar-refractivity contribution in [3.8, 4) is 0 Å². The van der Waals surface area contributed by atoms with Gasteiger partial charge < -0.3 is 14.2 Å². The number of rotatable bonds is 8. The van der Waals surface area contributed by atoms with Gasteiger partial charge in [0.25, 0.3) is 0 Å². The molecule has 0 aromatic rings. The Morgan fingerprint density at radius 2 is 2.21 bits per heavy atom. The van der Waals surface area contributed by atoms with Crippen LogP contribution in [0.2, 0.25) is 0 Å². The van der Waals surface area contributed by atoms with Crippen LogP contribution in [0.4, 0.5) is 0 Å². The van der Waals surface area contributed by atoms with E-state index in [9.17, 15) is 4.79 Å². The van der Waals surface area contributed by atoms with Gasteiger partial charge in [-0.05, 0) is 38.7 Å². The molecule has 0 spiro atoms. The lowest BCUT2D eigenvalue weighted by Crippen LogP contribution is -2.22. The van der Waals surface area contributed by atoms with E-state index in [0.717, 1.165) is 32.3 Å². The highest BCUT2D eigenvalue weighted by Gasteiger charge is 2.32. The predicted octanol–water partition coefficient (Wildman–Crippen LogP) is 2.77. The van der Waals surface area contributed by atoms with Crippen molar-refractivity contribution in [2.24, 2.45) is 0 Å². The van der Waals surface area contributed by atoms with Crippen molar-refractivity contribution in [2.75, 3.05) is 20.8 Å². The quantitative estimate of drug-likeness (QED) is 0.390. The summed E-state index contributed by atoms with van der Waals surface area (Å²) in [7, 11) is 3.37. The Labute approximate surface area is 119 Å². The second-order valence-corrected chi connectivity index (χ2v) is 5.94. The molecule has 1 saturated heterocycles. The number of unbranched alkanes of at least 4 members (excludes halogenated alkanes) is 1. The molecule has 1 unspecified atom stereocenters. The fourth-order valence-corrected chi connectivity index (χ4v) is 3.07. The van der Waals surface area contributed by atoms with Crippen molar-refractivity contribution in [1.29, 1.82) is 0 Å². The lowest BCUT2D eigenvalue weighted by molar-refractivity contribution is -0.145. The molecule has 1 rings (SSSR count). The summed E-state index contributed by atoms with van der Waals surface area (Å²) in [6, 6.07) is 0. The highest BCUT2D eigenvalue weighted by Crippen LogP contribution is 2.34. The van der Waals surface area contributed by atoms with Gasteiger partial charge in [0.1, 0.15) is 16.8 Å². The summed E-state index contributed by atoms with van der Waals surface area (Å²) in [6.07, 6.45) is 7.49. The largest absolute Gasteiger partial charge is 0.458 e. The first-order valence-corrected chi connectivity index (χ1v) is 7.66. The zero-order chi connectivity index (χ0) is 14.1. The SMILES string of the molecule is COCCC/C=C\[C@H](C)OC(=O)[C@@H]1CCC(OC)S1. The molecule has 0 aromatic carbocycles. The highest BCUT2D eigenvalue weighted by molar-refractivity contribution is 8.01. The van der Waals surface area contributed by atoms with Crippen LogP contribution < -0.4 is 0 Å². The highest BCUT2D eigenvalue weighted by atomic mass is 32.2. The first-order valence-electron chi connectivity index (χ1n) is 6.71. The molecule has 0 aromatic heterocycles. The van der Waals surface area contributed by atoms with E-state index in [1.54, 1.807) is 26.0 Å². The summed E-state index contributed by atoms with van der Waals surface area (Å²) in [5, 5.41) is -0.0747. The van der Waals surface area contributed by atoms with Gasteiger partial charge in [-0.2, -0.15) is 0 Å². The van der Waals surface area contributed by atoms with E-state index in [-0.39, 0.29) is 22.8 Å². The Balaban J connectivity index is 2.20. The number of hydrogen-bond acceptors (Lipinski definition) is 5. The molecular weight excluding hydrogens is 264 g/mol. The number of esters is 1. The van der Waals surface area contributed by atoms with Gasteiger partial charge in [0, 0.05) is 20.8 Å². The Morgan fingerprint density at radius 3 is 2.84 bits per heavy atom. The van der Waals surface area contributed by atoms with Crippen LogP contribution in [-0.2, 0) is 19.0 Å². The van der Waals surface area contributed by atoms with Gasteiger partial charge in [0.15, 0.2) is 0 Å². The second kappa shape index (κ2) is 9.39. The van der Waals surface area contributed by atoms with Gasteiger partial charge in [-0.1, -0.05) is 6.08 Å².